The summed E-state index contributed by atoms with van der Waals surface area (Å²) >= 11 is 0. The maximum absolute atomic E-state index is 5.47. The lowest BCUT2D eigenvalue weighted by Gasteiger charge is -2.17. The second kappa shape index (κ2) is 8.28. The third kappa shape index (κ3) is 5.19. The van der Waals surface area contributed by atoms with Crippen LogP contribution in [0.25, 0.3) is 0 Å². The van der Waals surface area contributed by atoms with Gasteiger partial charge in [0.05, 0.1) is 0 Å². The van der Waals surface area contributed by atoms with Gasteiger partial charge in [0.15, 0.2) is 0 Å². The minimum absolute atomic E-state index is 0.414. The number of ether oxygens (including phenoxy) is 1. The molecule has 2 heteroatoms. The van der Waals surface area contributed by atoms with Gasteiger partial charge in [-0.2, -0.15) is 0 Å². The summed E-state index contributed by atoms with van der Waals surface area (Å²) in [5.74, 6) is 0. The first kappa shape index (κ1) is 15.2. The van der Waals surface area contributed by atoms with Gasteiger partial charge in [0.25, 0.3) is 0 Å². The molecule has 102 valence electrons. The Labute approximate surface area is 112 Å². The highest BCUT2D eigenvalue weighted by atomic mass is 16.5. The fraction of sp³-hybridized carbons (Fsp3) is 0.625. The maximum atomic E-state index is 5.47. The van der Waals surface area contributed by atoms with Crippen LogP contribution in [0, 0.1) is 13.8 Å². The molecule has 0 amide bonds. The topological polar surface area (TPSA) is 21.3 Å². The molecular formula is C16H27NO. The zero-order valence-electron chi connectivity index (χ0n) is 12.3. The Bertz CT molecular complexity index is 349. The molecule has 0 fully saturated rings. The molecule has 0 saturated carbocycles. The molecule has 1 atom stereocenters. The van der Waals surface area contributed by atoms with Gasteiger partial charge in [-0.1, -0.05) is 30.7 Å². The third-order valence-corrected chi connectivity index (χ3v) is 3.16. The van der Waals surface area contributed by atoms with E-state index in [0.717, 1.165) is 32.6 Å². The summed E-state index contributed by atoms with van der Waals surface area (Å²) in [4.78, 5) is 0. The van der Waals surface area contributed by atoms with E-state index < -0.39 is 0 Å². The van der Waals surface area contributed by atoms with E-state index in [1.807, 2.05) is 0 Å². The van der Waals surface area contributed by atoms with Gasteiger partial charge < -0.3 is 10.1 Å². The number of nitrogens with one attached hydrogen (secondary N) is 1. The van der Waals surface area contributed by atoms with Gasteiger partial charge in [0.1, 0.15) is 0 Å². The predicted molar refractivity (Wildman–Crippen MR) is 78.1 cm³/mol. The molecule has 0 aliphatic carbocycles. The van der Waals surface area contributed by atoms with Crippen LogP contribution in [0.15, 0.2) is 18.2 Å². The van der Waals surface area contributed by atoms with Gasteiger partial charge in [-0.3, -0.25) is 0 Å². The van der Waals surface area contributed by atoms with Crippen molar-refractivity contribution < 1.29 is 4.74 Å². The Hall–Kier alpha value is -0.860. The van der Waals surface area contributed by atoms with Crippen molar-refractivity contribution in [3.05, 3.63) is 34.9 Å². The van der Waals surface area contributed by atoms with E-state index in [4.69, 9.17) is 4.74 Å². The molecule has 0 heterocycles. The Morgan fingerprint density at radius 1 is 1.22 bits per heavy atom. The molecule has 2 nitrogen and oxygen atoms in total. The fourth-order valence-corrected chi connectivity index (χ4v) is 2.16. The summed E-state index contributed by atoms with van der Waals surface area (Å²) in [7, 11) is 0. The Morgan fingerprint density at radius 2 is 2.00 bits per heavy atom. The fourth-order valence-electron chi connectivity index (χ4n) is 2.16. The van der Waals surface area contributed by atoms with Crippen LogP contribution < -0.4 is 5.32 Å². The van der Waals surface area contributed by atoms with E-state index in [2.05, 4.69) is 51.2 Å². The van der Waals surface area contributed by atoms with E-state index >= 15 is 0 Å². The van der Waals surface area contributed by atoms with Crippen LogP contribution in [0.4, 0.5) is 0 Å². The van der Waals surface area contributed by atoms with Crippen LogP contribution in [0.2, 0.25) is 0 Å². The Balaban J connectivity index is 2.29. The van der Waals surface area contributed by atoms with Crippen molar-refractivity contribution in [3.63, 3.8) is 0 Å². The molecule has 0 spiro atoms. The minimum atomic E-state index is 0.414. The highest BCUT2D eigenvalue weighted by Crippen LogP contribution is 2.18. The molecule has 0 aliphatic heterocycles. The second-order valence-corrected chi connectivity index (χ2v) is 5.00. The number of aryl methyl sites for hydroxylation is 2. The van der Waals surface area contributed by atoms with Crippen molar-refractivity contribution in [1.29, 1.82) is 0 Å². The first-order valence-corrected chi connectivity index (χ1v) is 7.03. The molecule has 1 aromatic carbocycles. The van der Waals surface area contributed by atoms with Gasteiger partial charge in [0, 0.05) is 19.3 Å². The average Bonchev–Trinajstić information content (AvgIpc) is 2.33. The lowest BCUT2D eigenvalue weighted by molar-refractivity contribution is 0.132. The maximum Gasteiger partial charge on any atom is 0.0478 e. The van der Waals surface area contributed by atoms with Crippen LogP contribution >= 0.6 is 0 Å². The molecule has 18 heavy (non-hydrogen) atoms. The molecule has 0 radical (unpaired) electrons. The minimum Gasteiger partial charge on any atom is -0.381 e. The molecule has 1 aromatic rings. The third-order valence-electron chi connectivity index (χ3n) is 3.16. The quantitative estimate of drug-likeness (QED) is 0.708. The van der Waals surface area contributed by atoms with Crippen LogP contribution in [-0.2, 0) is 4.74 Å². The zero-order valence-corrected chi connectivity index (χ0v) is 12.3. The first-order chi connectivity index (χ1) is 8.65. The SMILES string of the molecule is CCCOCCCNC(C)c1ccc(C)cc1C. The summed E-state index contributed by atoms with van der Waals surface area (Å²) in [6.07, 6.45) is 2.18. The van der Waals surface area contributed by atoms with E-state index in [9.17, 15) is 0 Å². The van der Waals surface area contributed by atoms with Crippen molar-refractivity contribution in [2.45, 2.75) is 46.6 Å². The first-order valence-electron chi connectivity index (χ1n) is 7.03. The van der Waals surface area contributed by atoms with E-state index in [1.165, 1.54) is 16.7 Å². The van der Waals surface area contributed by atoms with Crippen LogP contribution in [-0.4, -0.2) is 19.8 Å². The molecule has 1 N–H and O–H groups in total. The van der Waals surface area contributed by atoms with Gasteiger partial charge in [-0.05, 0) is 51.3 Å². The second-order valence-electron chi connectivity index (χ2n) is 5.00. The number of benzene rings is 1. The molecule has 0 bridgehead atoms. The predicted octanol–water partition coefficient (Wildman–Crippen LogP) is 3.77. The van der Waals surface area contributed by atoms with E-state index in [1.54, 1.807) is 0 Å². The molecule has 0 saturated heterocycles. The summed E-state index contributed by atoms with van der Waals surface area (Å²) in [5, 5.41) is 3.56. The van der Waals surface area contributed by atoms with Gasteiger partial charge in [-0.15, -0.1) is 0 Å². The van der Waals surface area contributed by atoms with Crippen molar-refractivity contribution in [3.8, 4) is 0 Å². The molecule has 1 unspecified atom stereocenters. The summed E-state index contributed by atoms with van der Waals surface area (Å²) in [6.45, 7) is 11.4. The molecule has 0 aromatic heterocycles. The highest BCUT2D eigenvalue weighted by molar-refractivity contribution is 5.32. The normalized spacial score (nSPS) is 12.7. The monoisotopic (exact) mass is 249 g/mol. The van der Waals surface area contributed by atoms with E-state index in [-0.39, 0.29) is 0 Å². The smallest absolute Gasteiger partial charge is 0.0478 e. The number of rotatable bonds is 8. The zero-order chi connectivity index (χ0) is 13.4. The van der Waals surface area contributed by atoms with Crippen LogP contribution in [0.5, 0.6) is 0 Å². The standard InChI is InChI=1S/C16H27NO/c1-5-10-18-11-6-9-17-15(4)16-8-7-13(2)12-14(16)3/h7-8,12,15,17H,5-6,9-11H2,1-4H3. The van der Waals surface area contributed by atoms with Crippen molar-refractivity contribution in [2.24, 2.45) is 0 Å². The molecule has 0 aliphatic rings. The lowest BCUT2D eigenvalue weighted by atomic mass is 10.0. The van der Waals surface area contributed by atoms with Crippen molar-refractivity contribution >= 4 is 0 Å². The van der Waals surface area contributed by atoms with Crippen LogP contribution in [0.1, 0.15) is 49.4 Å². The van der Waals surface area contributed by atoms with Gasteiger partial charge in [0.2, 0.25) is 0 Å². The van der Waals surface area contributed by atoms with Gasteiger partial charge in [-0.25, -0.2) is 0 Å². The van der Waals surface area contributed by atoms with Crippen molar-refractivity contribution in [2.75, 3.05) is 19.8 Å². The molecule has 1 rings (SSSR count). The molecular weight excluding hydrogens is 222 g/mol. The van der Waals surface area contributed by atoms with Crippen molar-refractivity contribution in [1.82, 2.24) is 5.32 Å². The number of hydrogen-bond acceptors (Lipinski definition) is 2. The number of hydrogen-bond donors (Lipinski definition) is 1. The largest absolute Gasteiger partial charge is 0.381 e. The summed E-state index contributed by atoms with van der Waals surface area (Å²) < 4.78 is 5.47. The highest BCUT2D eigenvalue weighted by Gasteiger charge is 2.07. The summed E-state index contributed by atoms with van der Waals surface area (Å²) in [6, 6.07) is 7.08. The van der Waals surface area contributed by atoms with Gasteiger partial charge >= 0.3 is 0 Å². The lowest BCUT2D eigenvalue weighted by Crippen LogP contribution is -2.21. The van der Waals surface area contributed by atoms with E-state index in [0.29, 0.717) is 6.04 Å². The summed E-state index contributed by atoms with van der Waals surface area (Å²) in [5.41, 5.74) is 4.10. The Morgan fingerprint density at radius 3 is 2.67 bits per heavy atom. The van der Waals surface area contributed by atoms with Crippen LogP contribution in [0.3, 0.4) is 0 Å². The average molecular weight is 249 g/mol. The Kier molecular flexibility index (Phi) is 6.99.